The van der Waals surface area contributed by atoms with Crippen molar-refractivity contribution in [2.24, 2.45) is 11.1 Å². The third-order valence-corrected chi connectivity index (χ3v) is 3.89. The molecule has 0 amide bonds. The van der Waals surface area contributed by atoms with E-state index in [2.05, 4.69) is 0 Å². The van der Waals surface area contributed by atoms with Crippen LogP contribution in [0, 0.1) is 5.41 Å². The van der Waals surface area contributed by atoms with Crippen molar-refractivity contribution >= 4 is 0 Å². The maximum Gasteiger partial charge on any atom is 0.161 e. The highest BCUT2D eigenvalue weighted by Gasteiger charge is 2.35. The number of ether oxygens (including phenoxy) is 2. The Kier molecular flexibility index (Phi) is 4.48. The van der Waals surface area contributed by atoms with E-state index < -0.39 is 0 Å². The fourth-order valence-electron chi connectivity index (χ4n) is 2.45. The molecule has 1 aliphatic carbocycles. The third kappa shape index (κ3) is 2.96. The number of benzene rings is 1. The summed E-state index contributed by atoms with van der Waals surface area (Å²) in [6, 6.07) is 7.84. The fourth-order valence-corrected chi connectivity index (χ4v) is 2.45. The molecule has 0 unspecified atom stereocenters. The SMILES string of the molecule is CCOc1ccccc1OCCC1(CN)CCC1. The van der Waals surface area contributed by atoms with Crippen LogP contribution in [0.1, 0.15) is 32.6 Å². The van der Waals surface area contributed by atoms with Crippen LogP contribution in [0.2, 0.25) is 0 Å². The Morgan fingerprint density at radius 2 is 1.83 bits per heavy atom. The van der Waals surface area contributed by atoms with Gasteiger partial charge in [-0.25, -0.2) is 0 Å². The molecule has 0 radical (unpaired) electrons. The standard InChI is InChI=1S/C15H23NO2/c1-2-17-13-6-3-4-7-14(13)18-11-10-15(12-16)8-5-9-15/h3-4,6-7H,2,5,8-12,16H2,1H3. The second-order valence-electron chi connectivity index (χ2n) is 5.04. The number of nitrogens with two attached hydrogens (primary N) is 1. The molecule has 3 nitrogen and oxygen atoms in total. The smallest absolute Gasteiger partial charge is 0.161 e. The molecule has 0 spiro atoms. The van der Waals surface area contributed by atoms with Gasteiger partial charge in [0, 0.05) is 0 Å². The molecule has 0 heterocycles. The Bertz CT molecular complexity index is 369. The summed E-state index contributed by atoms with van der Waals surface area (Å²) < 4.78 is 11.4. The molecule has 3 heteroatoms. The van der Waals surface area contributed by atoms with Crippen molar-refractivity contribution in [2.45, 2.75) is 32.6 Å². The van der Waals surface area contributed by atoms with Crippen LogP contribution in [-0.2, 0) is 0 Å². The van der Waals surface area contributed by atoms with E-state index in [0.717, 1.165) is 31.1 Å². The Labute approximate surface area is 109 Å². The Morgan fingerprint density at radius 1 is 1.17 bits per heavy atom. The van der Waals surface area contributed by atoms with Crippen molar-refractivity contribution < 1.29 is 9.47 Å². The molecule has 2 N–H and O–H groups in total. The lowest BCUT2D eigenvalue weighted by Gasteiger charge is -2.40. The highest BCUT2D eigenvalue weighted by Crippen LogP contribution is 2.43. The second-order valence-corrected chi connectivity index (χ2v) is 5.04. The molecule has 0 atom stereocenters. The Morgan fingerprint density at radius 3 is 2.33 bits per heavy atom. The first-order valence-corrected chi connectivity index (χ1v) is 6.84. The summed E-state index contributed by atoms with van der Waals surface area (Å²) in [7, 11) is 0. The topological polar surface area (TPSA) is 44.5 Å². The molecule has 1 aromatic rings. The minimum atomic E-state index is 0.348. The molecule has 0 saturated heterocycles. The average Bonchev–Trinajstić information content (AvgIpc) is 2.35. The van der Waals surface area contributed by atoms with Crippen molar-refractivity contribution in [1.29, 1.82) is 0 Å². The largest absolute Gasteiger partial charge is 0.490 e. The van der Waals surface area contributed by atoms with Gasteiger partial charge in [0.1, 0.15) is 0 Å². The van der Waals surface area contributed by atoms with Crippen molar-refractivity contribution in [3.05, 3.63) is 24.3 Å². The molecule has 1 aliphatic rings. The average molecular weight is 249 g/mol. The number of para-hydroxylation sites is 2. The van der Waals surface area contributed by atoms with Crippen LogP contribution >= 0.6 is 0 Å². The van der Waals surface area contributed by atoms with Gasteiger partial charge < -0.3 is 15.2 Å². The number of hydrogen-bond acceptors (Lipinski definition) is 3. The first-order valence-electron chi connectivity index (χ1n) is 6.84. The Balaban J connectivity index is 1.86. The summed E-state index contributed by atoms with van der Waals surface area (Å²) in [6.07, 6.45) is 4.86. The highest BCUT2D eigenvalue weighted by atomic mass is 16.5. The molecular formula is C15H23NO2. The van der Waals surface area contributed by atoms with Crippen molar-refractivity contribution in [2.75, 3.05) is 19.8 Å². The van der Waals surface area contributed by atoms with E-state index in [-0.39, 0.29) is 0 Å². The van der Waals surface area contributed by atoms with Gasteiger partial charge in [-0.1, -0.05) is 18.6 Å². The van der Waals surface area contributed by atoms with Gasteiger partial charge in [0.15, 0.2) is 11.5 Å². The van der Waals surface area contributed by atoms with Crippen molar-refractivity contribution in [3.8, 4) is 11.5 Å². The third-order valence-electron chi connectivity index (χ3n) is 3.89. The van der Waals surface area contributed by atoms with E-state index >= 15 is 0 Å². The van der Waals surface area contributed by atoms with E-state index in [9.17, 15) is 0 Å². The van der Waals surface area contributed by atoms with Gasteiger partial charge in [-0.2, -0.15) is 0 Å². The molecule has 100 valence electrons. The summed E-state index contributed by atoms with van der Waals surface area (Å²) in [6.45, 7) is 4.15. The fraction of sp³-hybridized carbons (Fsp3) is 0.600. The van der Waals surface area contributed by atoms with Gasteiger partial charge in [-0.15, -0.1) is 0 Å². The van der Waals surface area contributed by atoms with Gasteiger partial charge in [-0.05, 0) is 50.3 Å². The van der Waals surface area contributed by atoms with Gasteiger partial charge in [0.2, 0.25) is 0 Å². The molecule has 0 aliphatic heterocycles. The van der Waals surface area contributed by atoms with Crippen LogP contribution in [0.15, 0.2) is 24.3 Å². The maximum absolute atomic E-state index is 5.85. The lowest BCUT2D eigenvalue weighted by Crippen LogP contribution is -2.38. The molecule has 0 bridgehead atoms. The summed E-state index contributed by atoms with van der Waals surface area (Å²) >= 11 is 0. The van der Waals surface area contributed by atoms with Gasteiger partial charge in [0.05, 0.1) is 13.2 Å². The Hall–Kier alpha value is -1.22. The van der Waals surface area contributed by atoms with E-state index in [4.69, 9.17) is 15.2 Å². The van der Waals surface area contributed by atoms with Crippen molar-refractivity contribution in [3.63, 3.8) is 0 Å². The molecule has 1 saturated carbocycles. The predicted molar refractivity (Wildman–Crippen MR) is 73.1 cm³/mol. The molecule has 1 fully saturated rings. The molecular weight excluding hydrogens is 226 g/mol. The summed E-state index contributed by atoms with van der Waals surface area (Å²) in [5.74, 6) is 1.67. The van der Waals surface area contributed by atoms with E-state index in [0.29, 0.717) is 12.0 Å². The zero-order chi connectivity index (χ0) is 12.8. The van der Waals surface area contributed by atoms with E-state index in [1.165, 1.54) is 19.3 Å². The lowest BCUT2D eigenvalue weighted by molar-refractivity contribution is 0.102. The first-order chi connectivity index (χ1) is 8.79. The summed E-state index contributed by atoms with van der Waals surface area (Å²) in [5.41, 5.74) is 6.19. The van der Waals surface area contributed by atoms with E-state index in [1.54, 1.807) is 0 Å². The zero-order valence-corrected chi connectivity index (χ0v) is 11.2. The molecule has 2 rings (SSSR count). The van der Waals surface area contributed by atoms with Crippen molar-refractivity contribution in [1.82, 2.24) is 0 Å². The van der Waals surface area contributed by atoms with Crippen LogP contribution in [0.25, 0.3) is 0 Å². The monoisotopic (exact) mass is 249 g/mol. The van der Waals surface area contributed by atoms with Gasteiger partial charge >= 0.3 is 0 Å². The summed E-state index contributed by atoms with van der Waals surface area (Å²) in [5, 5.41) is 0. The van der Waals surface area contributed by atoms with Crippen LogP contribution in [0.4, 0.5) is 0 Å². The minimum Gasteiger partial charge on any atom is -0.490 e. The lowest BCUT2D eigenvalue weighted by atomic mass is 9.67. The molecule has 1 aromatic carbocycles. The molecule has 0 aromatic heterocycles. The van der Waals surface area contributed by atoms with Gasteiger partial charge in [0.25, 0.3) is 0 Å². The van der Waals surface area contributed by atoms with Gasteiger partial charge in [-0.3, -0.25) is 0 Å². The second kappa shape index (κ2) is 6.10. The van der Waals surface area contributed by atoms with Crippen LogP contribution < -0.4 is 15.2 Å². The zero-order valence-electron chi connectivity index (χ0n) is 11.2. The number of rotatable bonds is 7. The van der Waals surface area contributed by atoms with E-state index in [1.807, 2.05) is 31.2 Å². The normalized spacial score (nSPS) is 17.0. The van der Waals surface area contributed by atoms with Crippen LogP contribution in [0.5, 0.6) is 11.5 Å². The molecule has 18 heavy (non-hydrogen) atoms. The maximum atomic E-state index is 5.85. The quantitative estimate of drug-likeness (QED) is 0.808. The highest BCUT2D eigenvalue weighted by molar-refractivity contribution is 5.39. The first kappa shape index (κ1) is 13.2. The van der Waals surface area contributed by atoms with Crippen LogP contribution in [-0.4, -0.2) is 19.8 Å². The van der Waals surface area contributed by atoms with Crippen LogP contribution in [0.3, 0.4) is 0 Å². The summed E-state index contributed by atoms with van der Waals surface area (Å²) in [4.78, 5) is 0. The number of hydrogen-bond donors (Lipinski definition) is 1. The minimum absolute atomic E-state index is 0.348. The predicted octanol–water partition coefficient (Wildman–Crippen LogP) is 2.98.